The number of anilines is 1. The van der Waals surface area contributed by atoms with Gasteiger partial charge in [-0.15, -0.1) is 0 Å². The quantitative estimate of drug-likeness (QED) is 0.145. The van der Waals surface area contributed by atoms with Crippen LogP contribution in [0.2, 0.25) is 0 Å². The number of benzene rings is 4. The second kappa shape index (κ2) is 16.9. The Morgan fingerprint density at radius 2 is 1.53 bits per heavy atom. The van der Waals surface area contributed by atoms with E-state index in [4.69, 9.17) is 9.47 Å². The van der Waals surface area contributed by atoms with Gasteiger partial charge in [0, 0.05) is 24.3 Å². The lowest BCUT2D eigenvalue weighted by atomic mass is 9.65. The lowest BCUT2D eigenvalue weighted by Gasteiger charge is -2.46. The maximum atomic E-state index is 15.8. The van der Waals surface area contributed by atoms with E-state index in [9.17, 15) is 5.11 Å². The Balaban J connectivity index is 1.32. The van der Waals surface area contributed by atoms with Crippen molar-refractivity contribution in [3.05, 3.63) is 143 Å². The largest absolute Gasteiger partial charge is 0.491 e. The van der Waals surface area contributed by atoms with Crippen LogP contribution in [0.25, 0.3) is 0 Å². The van der Waals surface area contributed by atoms with E-state index >= 15 is 14.4 Å². The second-order valence-electron chi connectivity index (χ2n) is 16.4. The summed E-state index contributed by atoms with van der Waals surface area (Å²) < 4.78 is 12.6. The highest BCUT2D eigenvalue weighted by Crippen LogP contribution is 2.65. The Hall–Kier alpha value is -5.69. The summed E-state index contributed by atoms with van der Waals surface area (Å²) in [4.78, 5) is 50.7. The molecular formula is C50H51N3O6. The number of allylic oxidation sites excluding steroid dienone is 2. The summed E-state index contributed by atoms with van der Waals surface area (Å²) >= 11 is 0. The van der Waals surface area contributed by atoms with Crippen molar-refractivity contribution in [1.82, 2.24) is 9.80 Å². The number of morpholine rings is 1. The molecule has 9 rings (SSSR count). The smallest absolute Gasteiger partial charge is 0.324 e. The van der Waals surface area contributed by atoms with Crippen LogP contribution in [0.1, 0.15) is 104 Å². The Bertz CT molecular complexity index is 2290. The predicted molar refractivity (Wildman–Crippen MR) is 225 cm³/mol. The van der Waals surface area contributed by atoms with Gasteiger partial charge in [-0.05, 0) is 96.7 Å². The van der Waals surface area contributed by atoms with E-state index in [2.05, 4.69) is 28.1 Å². The van der Waals surface area contributed by atoms with Gasteiger partial charge in [0.05, 0.1) is 24.6 Å². The van der Waals surface area contributed by atoms with Crippen LogP contribution in [0.3, 0.4) is 0 Å². The van der Waals surface area contributed by atoms with Crippen LogP contribution < -0.4 is 10.1 Å². The van der Waals surface area contributed by atoms with Crippen molar-refractivity contribution >= 4 is 23.5 Å². The molecular weight excluding hydrogens is 739 g/mol. The summed E-state index contributed by atoms with van der Waals surface area (Å²) in [6, 6.07) is 30.5. The fourth-order valence-electron chi connectivity index (χ4n) is 10.4. The first-order chi connectivity index (χ1) is 29.0. The SMILES string of the molecule is O=C1O[C@@H](c2ccccc2)[C@@H](c2ccccc2)N2[C@@H](c3cccc(OCCO)c3)[C@]3(C(=O)Nc4ccc(C#CC5=CCCCC5)cc43)[C@@H](C(=O)N3CCCCCCC3)[C@H]12. The lowest BCUT2D eigenvalue weighted by Crippen LogP contribution is -2.55. The van der Waals surface area contributed by atoms with Crippen molar-refractivity contribution in [1.29, 1.82) is 0 Å². The molecule has 4 heterocycles. The number of aliphatic hydroxyl groups is 1. The maximum Gasteiger partial charge on any atom is 0.324 e. The molecule has 4 aliphatic heterocycles. The van der Waals surface area contributed by atoms with Crippen LogP contribution >= 0.6 is 0 Å². The zero-order valence-corrected chi connectivity index (χ0v) is 33.4. The number of nitrogens with zero attached hydrogens (tertiary/aromatic N) is 2. The number of carbonyl (C=O) groups is 3. The Labute approximate surface area is 346 Å². The van der Waals surface area contributed by atoms with Crippen molar-refractivity contribution in [3.63, 3.8) is 0 Å². The minimum absolute atomic E-state index is 0.0818. The number of likely N-dealkylation sites (tertiary alicyclic amines) is 1. The number of fused-ring (bicyclic) bond motifs is 3. The van der Waals surface area contributed by atoms with E-state index in [-0.39, 0.29) is 25.0 Å². The summed E-state index contributed by atoms with van der Waals surface area (Å²) in [6.45, 7) is 1.01. The van der Waals surface area contributed by atoms with Gasteiger partial charge in [0.25, 0.3) is 0 Å². The molecule has 9 heteroatoms. The molecule has 0 aromatic heterocycles. The standard InChI is InChI=1S/C50H51N3O6/c54-30-31-58-39-23-15-22-38(33-39)46-50(40-32-35(26-27-41(40)51-49(50)57)25-24-34-16-7-4-8-17-34)42(47(55)52-28-13-2-1-3-14-29-52)44-48(56)59-45(37-20-11-6-12-21-37)43(53(44)46)36-18-9-5-10-19-36/h5-6,9-12,15-16,18-23,26-27,32-33,42-46,54H,1-4,7-8,13-14,17,28-31H2,(H,51,57)/t42-,43-,44-,45+,46+,50-/m1/s1. The molecule has 59 heavy (non-hydrogen) atoms. The van der Waals surface area contributed by atoms with Gasteiger partial charge in [0.2, 0.25) is 11.8 Å². The van der Waals surface area contributed by atoms with Crippen molar-refractivity contribution < 1.29 is 29.0 Å². The minimum atomic E-state index is -1.59. The number of hydrogen-bond acceptors (Lipinski definition) is 7. The molecule has 2 N–H and O–H groups in total. The first-order valence-corrected chi connectivity index (χ1v) is 21.4. The fourth-order valence-corrected chi connectivity index (χ4v) is 10.4. The number of cyclic esters (lactones) is 1. The molecule has 4 aromatic rings. The molecule has 0 saturated carbocycles. The van der Waals surface area contributed by atoms with Gasteiger partial charge < -0.3 is 24.8 Å². The van der Waals surface area contributed by atoms with E-state index in [0.29, 0.717) is 35.7 Å². The third kappa shape index (κ3) is 7.13. The van der Waals surface area contributed by atoms with E-state index in [1.807, 2.05) is 108 Å². The molecule has 6 atom stereocenters. The van der Waals surface area contributed by atoms with Crippen LogP contribution in [-0.2, 0) is 24.5 Å². The lowest BCUT2D eigenvalue weighted by molar-refractivity contribution is -0.179. The number of esters is 1. The Morgan fingerprint density at radius 1 is 0.797 bits per heavy atom. The van der Waals surface area contributed by atoms with Gasteiger partial charge in [0.15, 0.2) is 0 Å². The second-order valence-corrected chi connectivity index (χ2v) is 16.4. The molecule has 2 amide bonds. The van der Waals surface area contributed by atoms with Crippen molar-refractivity contribution in [2.24, 2.45) is 5.92 Å². The van der Waals surface area contributed by atoms with E-state index in [1.165, 1.54) is 0 Å². The number of amides is 2. The highest BCUT2D eigenvalue weighted by atomic mass is 16.6. The molecule has 3 fully saturated rings. The molecule has 1 aliphatic carbocycles. The van der Waals surface area contributed by atoms with Crippen LogP contribution in [-0.4, -0.2) is 65.0 Å². The van der Waals surface area contributed by atoms with E-state index in [0.717, 1.165) is 80.1 Å². The van der Waals surface area contributed by atoms with E-state index in [1.54, 1.807) is 0 Å². The zero-order valence-electron chi connectivity index (χ0n) is 33.4. The average Bonchev–Trinajstić information content (AvgIpc) is 3.74. The third-order valence-corrected chi connectivity index (χ3v) is 12.9. The van der Waals surface area contributed by atoms with E-state index < -0.39 is 41.5 Å². The summed E-state index contributed by atoms with van der Waals surface area (Å²) in [7, 11) is 0. The highest BCUT2D eigenvalue weighted by molar-refractivity contribution is 6.12. The average molecular weight is 790 g/mol. The number of nitrogens with one attached hydrogen (secondary N) is 1. The fraction of sp³-hybridized carbons (Fsp3) is 0.380. The molecule has 302 valence electrons. The first kappa shape index (κ1) is 38.8. The van der Waals surface area contributed by atoms with Gasteiger partial charge in [-0.3, -0.25) is 19.3 Å². The summed E-state index contributed by atoms with van der Waals surface area (Å²) in [5, 5.41) is 12.9. The van der Waals surface area contributed by atoms with Crippen molar-refractivity contribution in [3.8, 4) is 17.6 Å². The maximum absolute atomic E-state index is 15.8. The third-order valence-electron chi connectivity index (χ3n) is 12.9. The van der Waals surface area contributed by atoms with Crippen LogP contribution in [0, 0.1) is 17.8 Å². The normalized spacial score (nSPS) is 26.6. The Kier molecular flexibility index (Phi) is 11.1. The van der Waals surface area contributed by atoms with Gasteiger partial charge in [-0.1, -0.05) is 110 Å². The summed E-state index contributed by atoms with van der Waals surface area (Å²) in [5.74, 6) is 5.09. The summed E-state index contributed by atoms with van der Waals surface area (Å²) in [5.41, 5.74) is 3.92. The van der Waals surface area contributed by atoms with Gasteiger partial charge in [0.1, 0.15) is 29.9 Å². The molecule has 0 bridgehead atoms. The van der Waals surface area contributed by atoms with Crippen LogP contribution in [0.15, 0.2) is 115 Å². The molecule has 9 nitrogen and oxygen atoms in total. The van der Waals surface area contributed by atoms with Crippen molar-refractivity contribution in [2.75, 3.05) is 31.6 Å². The minimum Gasteiger partial charge on any atom is -0.491 e. The topological polar surface area (TPSA) is 108 Å². The number of aliphatic hydroxyl groups excluding tert-OH is 1. The van der Waals surface area contributed by atoms with Crippen LogP contribution in [0.4, 0.5) is 5.69 Å². The molecule has 0 radical (unpaired) electrons. The highest BCUT2D eigenvalue weighted by Gasteiger charge is 2.74. The molecule has 0 unspecified atom stereocenters. The predicted octanol–water partition coefficient (Wildman–Crippen LogP) is 7.97. The summed E-state index contributed by atoms with van der Waals surface area (Å²) in [6.07, 6.45) is 10.5. The first-order valence-electron chi connectivity index (χ1n) is 21.4. The molecule has 4 aromatic carbocycles. The number of ether oxygens (including phenoxy) is 2. The zero-order chi connectivity index (χ0) is 40.3. The van der Waals surface area contributed by atoms with Gasteiger partial charge in [-0.25, -0.2) is 0 Å². The Morgan fingerprint density at radius 3 is 2.25 bits per heavy atom. The van der Waals surface area contributed by atoms with Crippen molar-refractivity contribution in [2.45, 2.75) is 87.4 Å². The molecule has 5 aliphatic rings. The monoisotopic (exact) mass is 789 g/mol. The molecule has 3 saturated heterocycles. The number of hydrogen-bond donors (Lipinski definition) is 2. The number of carbonyl (C=O) groups excluding carboxylic acids is 3. The van der Waals surface area contributed by atoms with Gasteiger partial charge >= 0.3 is 5.97 Å². The molecule has 1 spiro atoms. The number of rotatable bonds is 7. The van der Waals surface area contributed by atoms with Crippen LogP contribution in [0.5, 0.6) is 5.75 Å². The van der Waals surface area contributed by atoms with Gasteiger partial charge in [-0.2, -0.15) is 0 Å².